The average Bonchev–Trinajstić information content (AvgIpc) is 2.19. The minimum Gasteiger partial charge on any atom is -0.508 e. The van der Waals surface area contributed by atoms with E-state index < -0.39 is 6.04 Å². The summed E-state index contributed by atoms with van der Waals surface area (Å²) in [5.74, 6) is -0.120. The Bertz CT molecular complexity index is 384. The molecule has 16 heavy (non-hydrogen) atoms. The summed E-state index contributed by atoms with van der Waals surface area (Å²) in [5.41, 5.74) is 0.895. The van der Waals surface area contributed by atoms with E-state index in [1.807, 2.05) is 0 Å². The second-order valence-electron chi connectivity index (χ2n) is 3.73. The molecule has 0 spiro atoms. The minimum atomic E-state index is -0.498. The lowest BCUT2D eigenvalue weighted by Crippen LogP contribution is -2.40. The number of phenols is 1. The smallest absolute Gasteiger partial charge is 0.217 e. The number of carbonyl (C=O) groups excluding carboxylic acids is 2. The maximum atomic E-state index is 11.3. The van der Waals surface area contributed by atoms with Crippen LogP contribution in [0.4, 0.5) is 0 Å². The highest BCUT2D eigenvalue weighted by molar-refractivity contribution is 5.86. The van der Waals surface area contributed by atoms with Gasteiger partial charge in [0.05, 0.1) is 6.04 Å². The second-order valence-corrected chi connectivity index (χ2v) is 3.73. The molecule has 1 rings (SSSR count). The second kappa shape index (κ2) is 5.30. The largest absolute Gasteiger partial charge is 0.508 e. The van der Waals surface area contributed by atoms with Crippen molar-refractivity contribution in [2.24, 2.45) is 0 Å². The molecule has 0 bridgehead atoms. The van der Waals surface area contributed by atoms with Gasteiger partial charge in [-0.15, -0.1) is 0 Å². The van der Waals surface area contributed by atoms with E-state index in [0.29, 0.717) is 6.42 Å². The molecular formula is C12H15NO3. The predicted molar refractivity (Wildman–Crippen MR) is 60.1 cm³/mol. The zero-order valence-electron chi connectivity index (χ0n) is 9.36. The van der Waals surface area contributed by atoms with Gasteiger partial charge >= 0.3 is 0 Å². The molecule has 4 nitrogen and oxygen atoms in total. The van der Waals surface area contributed by atoms with Crippen molar-refractivity contribution in [3.05, 3.63) is 29.8 Å². The first-order valence-electron chi connectivity index (χ1n) is 5.04. The lowest BCUT2D eigenvalue weighted by molar-refractivity contribution is -0.125. The molecule has 0 radical (unpaired) electrons. The fraction of sp³-hybridized carbons (Fsp3) is 0.333. The number of Topliss-reactive ketones (excluding diaryl/α,β-unsaturated/α-hetero) is 1. The van der Waals surface area contributed by atoms with Gasteiger partial charge in [-0.3, -0.25) is 9.59 Å². The summed E-state index contributed by atoms with van der Waals surface area (Å²) in [7, 11) is 0. The van der Waals surface area contributed by atoms with Crippen LogP contribution in [-0.4, -0.2) is 22.8 Å². The number of hydrogen-bond acceptors (Lipinski definition) is 3. The van der Waals surface area contributed by atoms with Crippen LogP contribution in [0, 0.1) is 0 Å². The number of amides is 1. The molecule has 0 saturated carbocycles. The van der Waals surface area contributed by atoms with Crippen molar-refractivity contribution in [3.8, 4) is 5.75 Å². The molecule has 0 aromatic heterocycles. The molecule has 4 heteroatoms. The topological polar surface area (TPSA) is 66.4 Å². The third-order valence-corrected chi connectivity index (χ3v) is 2.24. The van der Waals surface area contributed by atoms with Crippen molar-refractivity contribution in [2.75, 3.05) is 0 Å². The maximum Gasteiger partial charge on any atom is 0.217 e. The Morgan fingerprint density at radius 2 is 1.81 bits per heavy atom. The van der Waals surface area contributed by atoms with Gasteiger partial charge in [-0.05, 0) is 31.0 Å². The first-order chi connectivity index (χ1) is 7.49. The molecule has 1 aromatic carbocycles. The Morgan fingerprint density at radius 1 is 1.25 bits per heavy atom. The molecular weight excluding hydrogens is 206 g/mol. The molecule has 0 unspecified atom stereocenters. The first-order valence-corrected chi connectivity index (χ1v) is 5.04. The first kappa shape index (κ1) is 12.2. The Kier molecular flexibility index (Phi) is 4.05. The van der Waals surface area contributed by atoms with Gasteiger partial charge in [0.1, 0.15) is 5.75 Å². The highest BCUT2D eigenvalue weighted by atomic mass is 16.3. The molecule has 0 saturated heterocycles. The van der Waals surface area contributed by atoms with Gasteiger partial charge in [-0.25, -0.2) is 0 Å². The summed E-state index contributed by atoms with van der Waals surface area (Å²) in [5, 5.41) is 11.7. The number of rotatable bonds is 4. The van der Waals surface area contributed by atoms with Crippen molar-refractivity contribution in [2.45, 2.75) is 26.3 Å². The molecule has 2 N–H and O–H groups in total. The van der Waals surface area contributed by atoms with E-state index in [-0.39, 0.29) is 17.4 Å². The fourth-order valence-corrected chi connectivity index (χ4v) is 1.41. The molecule has 1 amide bonds. The molecule has 0 fully saturated rings. The van der Waals surface area contributed by atoms with Crippen LogP contribution in [0.2, 0.25) is 0 Å². The number of carbonyl (C=O) groups is 2. The van der Waals surface area contributed by atoms with E-state index >= 15 is 0 Å². The van der Waals surface area contributed by atoms with E-state index in [9.17, 15) is 9.59 Å². The van der Waals surface area contributed by atoms with Gasteiger partial charge in [-0.2, -0.15) is 0 Å². The van der Waals surface area contributed by atoms with Crippen molar-refractivity contribution in [3.63, 3.8) is 0 Å². The number of benzene rings is 1. The van der Waals surface area contributed by atoms with Crippen molar-refractivity contribution in [1.82, 2.24) is 5.32 Å². The van der Waals surface area contributed by atoms with Crippen LogP contribution in [-0.2, 0) is 16.0 Å². The zero-order chi connectivity index (χ0) is 12.1. The third kappa shape index (κ3) is 3.73. The van der Waals surface area contributed by atoms with E-state index in [0.717, 1.165) is 5.56 Å². The number of phenolic OH excluding ortho intramolecular Hbond substituents is 1. The average molecular weight is 221 g/mol. The number of aromatic hydroxyl groups is 1. The van der Waals surface area contributed by atoms with Gasteiger partial charge in [0.25, 0.3) is 0 Å². The van der Waals surface area contributed by atoms with Crippen LogP contribution in [0.25, 0.3) is 0 Å². The predicted octanol–water partition coefficient (Wildman–Crippen LogP) is 1.03. The minimum absolute atomic E-state index is 0.0803. The molecule has 1 atom stereocenters. The third-order valence-electron chi connectivity index (χ3n) is 2.24. The fourth-order valence-electron chi connectivity index (χ4n) is 1.41. The molecule has 1 aromatic rings. The summed E-state index contributed by atoms with van der Waals surface area (Å²) in [6, 6.07) is 6.07. The van der Waals surface area contributed by atoms with E-state index in [4.69, 9.17) is 5.11 Å². The van der Waals surface area contributed by atoms with Crippen LogP contribution in [0.1, 0.15) is 19.4 Å². The number of ketones is 1. The van der Waals surface area contributed by atoms with E-state index in [1.54, 1.807) is 24.3 Å². The maximum absolute atomic E-state index is 11.3. The normalized spacial score (nSPS) is 11.9. The van der Waals surface area contributed by atoms with E-state index in [1.165, 1.54) is 13.8 Å². The van der Waals surface area contributed by atoms with Crippen LogP contribution in [0.3, 0.4) is 0 Å². The van der Waals surface area contributed by atoms with E-state index in [2.05, 4.69) is 5.32 Å². The summed E-state index contributed by atoms with van der Waals surface area (Å²) in [4.78, 5) is 22.2. The zero-order valence-corrected chi connectivity index (χ0v) is 9.36. The van der Waals surface area contributed by atoms with Crippen molar-refractivity contribution < 1.29 is 14.7 Å². The number of hydrogen-bond donors (Lipinski definition) is 2. The van der Waals surface area contributed by atoms with Gasteiger partial charge in [0, 0.05) is 6.92 Å². The highest BCUT2D eigenvalue weighted by Gasteiger charge is 2.15. The lowest BCUT2D eigenvalue weighted by Gasteiger charge is -2.14. The SMILES string of the molecule is CC(=O)N[C@@H](Cc1ccc(O)cc1)C(C)=O. The van der Waals surface area contributed by atoms with Crippen LogP contribution in [0.5, 0.6) is 5.75 Å². The van der Waals surface area contributed by atoms with Gasteiger partial charge in [-0.1, -0.05) is 12.1 Å². The molecule has 0 aliphatic carbocycles. The van der Waals surface area contributed by atoms with Crippen molar-refractivity contribution >= 4 is 11.7 Å². The van der Waals surface area contributed by atoms with Crippen LogP contribution < -0.4 is 5.32 Å². The quantitative estimate of drug-likeness (QED) is 0.798. The van der Waals surface area contributed by atoms with Crippen LogP contribution >= 0.6 is 0 Å². The lowest BCUT2D eigenvalue weighted by atomic mass is 10.0. The van der Waals surface area contributed by atoms with Gasteiger partial charge in [0.2, 0.25) is 5.91 Å². The van der Waals surface area contributed by atoms with Gasteiger partial charge < -0.3 is 10.4 Å². The van der Waals surface area contributed by atoms with Crippen LogP contribution in [0.15, 0.2) is 24.3 Å². The summed E-state index contributed by atoms with van der Waals surface area (Å²) in [6.45, 7) is 2.83. The summed E-state index contributed by atoms with van der Waals surface area (Å²) < 4.78 is 0. The summed E-state index contributed by atoms with van der Waals surface area (Å²) >= 11 is 0. The van der Waals surface area contributed by atoms with Crippen molar-refractivity contribution in [1.29, 1.82) is 0 Å². The molecule has 86 valence electrons. The Hall–Kier alpha value is -1.84. The Labute approximate surface area is 94.3 Å². The Balaban J connectivity index is 2.71. The molecule has 0 aliphatic rings. The standard InChI is InChI=1S/C12H15NO3/c1-8(14)12(13-9(2)15)7-10-3-5-11(16)6-4-10/h3-6,12,16H,7H2,1-2H3,(H,13,15)/t12-/m0/s1. The summed E-state index contributed by atoms with van der Waals surface area (Å²) in [6.07, 6.45) is 0.440. The Morgan fingerprint density at radius 3 is 2.25 bits per heavy atom. The highest BCUT2D eigenvalue weighted by Crippen LogP contribution is 2.11. The van der Waals surface area contributed by atoms with Gasteiger partial charge in [0.15, 0.2) is 5.78 Å². The molecule has 0 aliphatic heterocycles. The molecule has 0 heterocycles. The monoisotopic (exact) mass is 221 g/mol. The number of nitrogens with one attached hydrogen (secondary N) is 1.